The van der Waals surface area contributed by atoms with Crippen LogP contribution in [0.4, 0.5) is 0 Å². The molecule has 0 aliphatic rings. The van der Waals surface area contributed by atoms with Gasteiger partial charge in [-0.15, -0.1) is 0 Å². The Morgan fingerprint density at radius 2 is 1.92 bits per heavy atom. The van der Waals surface area contributed by atoms with Crippen LogP contribution in [-0.2, 0) is 0 Å². The van der Waals surface area contributed by atoms with E-state index in [4.69, 9.17) is 0 Å². The van der Waals surface area contributed by atoms with Crippen LogP contribution in [-0.4, -0.2) is 38.1 Å². The fraction of sp³-hybridized carbons (Fsp3) is 1.00. The molecule has 12 heavy (non-hydrogen) atoms. The van der Waals surface area contributed by atoms with Gasteiger partial charge in [0.25, 0.3) is 0 Å². The topological polar surface area (TPSA) is 15.3 Å². The summed E-state index contributed by atoms with van der Waals surface area (Å²) in [6.07, 6.45) is 1.29. The zero-order valence-electron chi connectivity index (χ0n) is 9.06. The van der Waals surface area contributed by atoms with Gasteiger partial charge in [0.15, 0.2) is 0 Å². The van der Waals surface area contributed by atoms with Crippen molar-refractivity contribution in [3.63, 3.8) is 0 Å². The minimum absolute atomic E-state index is 0.821. The van der Waals surface area contributed by atoms with Crippen molar-refractivity contribution >= 4 is 0 Å². The number of hydrogen-bond acceptors (Lipinski definition) is 2. The van der Waals surface area contributed by atoms with Crippen LogP contribution >= 0.6 is 0 Å². The van der Waals surface area contributed by atoms with Gasteiger partial charge in [0.05, 0.1) is 0 Å². The first-order chi connectivity index (χ1) is 5.66. The third-order valence-corrected chi connectivity index (χ3v) is 2.11. The summed E-state index contributed by atoms with van der Waals surface area (Å²) in [7, 11) is 2.16. The van der Waals surface area contributed by atoms with Gasteiger partial charge in [-0.05, 0) is 32.5 Å². The van der Waals surface area contributed by atoms with E-state index in [1.807, 2.05) is 0 Å². The second-order valence-electron chi connectivity index (χ2n) is 3.83. The molecule has 2 nitrogen and oxygen atoms in total. The first-order valence-electron chi connectivity index (χ1n) is 5.06. The Morgan fingerprint density at radius 3 is 2.42 bits per heavy atom. The van der Waals surface area contributed by atoms with Crippen LogP contribution in [0.5, 0.6) is 0 Å². The lowest BCUT2D eigenvalue weighted by molar-refractivity contribution is 0.347. The maximum absolute atomic E-state index is 3.44. The molecule has 0 spiro atoms. The lowest BCUT2D eigenvalue weighted by Crippen LogP contribution is -2.29. The smallest absolute Gasteiger partial charge is 0.0104 e. The summed E-state index contributed by atoms with van der Waals surface area (Å²) < 4.78 is 0. The molecule has 0 aliphatic heterocycles. The van der Waals surface area contributed by atoms with Crippen LogP contribution in [0, 0.1) is 5.92 Å². The highest BCUT2D eigenvalue weighted by atomic mass is 15.1. The molecular formula is C10H24N2. The van der Waals surface area contributed by atoms with Crippen molar-refractivity contribution in [2.24, 2.45) is 5.92 Å². The summed E-state index contributed by atoms with van der Waals surface area (Å²) in [5, 5.41) is 3.44. The molecule has 0 amide bonds. The third-order valence-electron chi connectivity index (χ3n) is 2.11. The van der Waals surface area contributed by atoms with Crippen molar-refractivity contribution in [1.29, 1.82) is 0 Å². The fourth-order valence-corrected chi connectivity index (χ4v) is 0.944. The van der Waals surface area contributed by atoms with Crippen LogP contribution in [0.2, 0.25) is 0 Å². The minimum Gasteiger partial charge on any atom is -0.315 e. The summed E-state index contributed by atoms with van der Waals surface area (Å²) in [6, 6.07) is 0. The van der Waals surface area contributed by atoms with E-state index < -0.39 is 0 Å². The van der Waals surface area contributed by atoms with Gasteiger partial charge in [-0.1, -0.05) is 20.8 Å². The molecular weight excluding hydrogens is 148 g/mol. The fourth-order valence-electron chi connectivity index (χ4n) is 0.944. The van der Waals surface area contributed by atoms with E-state index in [0.29, 0.717) is 0 Å². The molecule has 0 aromatic rings. The van der Waals surface area contributed by atoms with Crippen molar-refractivity contribution in [1.82, 2.24) is 10.2 Å². The van der Waals surface area contributed by atoms with E-state index in [2.05, 4.69) is 38.0 Å². The van der Waals surface area contributed by atoms with E-state index in [0.717, 1.165) is 32.1 Å². The highest BCUT2D eigenvalue weighted by molar-refractivity contribution is 4.54. The van der Waals surface area contributed by atoms with Gasteiger partial charge in [-0.3, -0.25) is 0 Å². The third kappa shape index (κ3) is 8.02. The second kappa shape index (κ2) is 7.56. The Morgan fingerprint density at radius 1 is 1.25 bits per heavy atom. The number of nitrogens with zero attached hydrogens (tertiary/aromatic N) is 1. The van der Waals surface area contributed by atoms with Gasteiger partial charge in [0, 0.05) is 13.1 Å². The molecule has 0 aromatic carbocycles. The molecule has 0 fully saturated rings. The van der Waals surface area contributed by atoms with Crippen molar-refractivity contribution in [2.75, 3.05) is 33.2 Å². The molecule has 0 aliphatic carbocycles. The first kappa shape index (κ1) is 11.9. The molecule has 0 unspecified atom stereocenters. The molecule has 0 aromatic heterocycles. The monoisotopic (exact) mass is 172 g/mol. The normalized spacial score (nSPS) is 11.5. The van der Waals surface area contributed by atoms with Crippen molar-refractivity contribution in [3.05, 3.63) is 0 Å². The van der Waals surface area contributed by atoms with Crippen LogP contribution in [0.1, 0.15) is 27.2 Å². The van der Waals surface area contributed by atoms with E-state index >= 15 is 0 Å². The Balaban J connectivity index is 3.00. The molecule has 0 atom stereocenters. The summed E-state index contributed by atoms with van der Waals surface area (Å²) in [4.78, 5) is 2.32. The average molecular weight is 172 g/mol. The number of hydrogen-bond donors (Lipinski definition) is 1. The molecule has 0 radical (unpaired) electrons. The summed E-state index contributed by atoms with van der Waals surface area (Å²) >= 11 is 0. The van der Waals surface area contributed by atoms with Crippen molar-refractivity contribution in [2.45, 2.75) is 27.2 Å². The van der Waals surface area contributed by atoms with Gasteiger partial charge in [0.1, 0.15) is 0 Å². The van der Waals surface area contributed by atoms with Gasteiger partial charge in [0.2, 0.25) is 0 Å². The zero-order chi connectivity index (χ0) is 9.40. The number of nitrogens with one attached hydrogen (secondary N) is 1. The standard InChI is InChI=1S/C10H24N2/c1-5-12(4)9-8-11-7-6-10(2)3/h10-11H,5-9H2,1-4H3. The Kier molecular flexibility index (Phi) is 7.51. The molecule has 0 heterocycles. The molecule has 2 heteroatoms. The predicted octanol–water partition coefficient (Wildman–Crippen LogP) is 1.57. The predicted molar refractivity (Wildman–Crippen MR) is 55.5 cm³/mol. The van der Waals surface area contributed by atoms with Crippen LogP contribution in [0.15, 0.2) is 0 Å². The quantitative estimate of drug-likeness (QED) is 0.586. The van der Waals surface area contributed by atoms with Crippen LogP contribution < -0.4 is 5.32 Å². The van der Waals surface area contributed by atoms with Gasteiger partial charge in [-0.25, -0.2) is 0 Å². The Hall–Kier alpha value is -0.0800. The SMILES string of the molecule is CCN(C)CCNCCC(C)C. The molecule has 1 N–H and O–H groups in total. The Labute approximate surface area is 77.3 Å². The largest absolute Gasteiger partial charge is 0.315 e. The first-order valence-corrected chi connectivity index (χ1v) is 5.06. The maximum Gasteiger partial charge on any atom is 0.0104 e. The zero-order valence-corrected chi connectivity index (χ0v) is 9.06. The Bertz CT molecular complexity index is 91.8. The van der Waals surface area contributed by atoms with Crippen LogP contribution in [0.25, 0.3) is 0 Å². The number of rotatable bonds is 7. The van der Waals surface area contributed by atoms with Gasteiger partial charge < -0.3 is 10.2 Å². The summed E-state index contributed by atoms with van der Waals surface area (Å²) in [5.74, 6) is 0.821. The lowest BCUT2D eigenvalue weighted by atomic mass is 10.1. The summed E-state index contributed by atoms with van der Waals surface area (Å²) in [5.41, 5.74) is 0. The highest BCUT2D eigenvalue weighted by Gasteiger charge is 1.94. The van der Waals surface area contributed by atoms with E-state index in [9.17, 15) is 0 Å². The molecule has 0 bridgehead atoms. The number of likely N-dealkylation sites (N-methyl/N-ethyl adjacent to an activating group) is 1. The molecule has 0 saturated heterocycles. The van der Waals surface area contributed by atoms with Crippen molar-refractivity contribution in [3.8, 4) is 0 Å². The highest BCUT2D eigenvalue weighted by Crippen LogP contribution is 1.95. The van der Waals surface area contributed by atoms with Gasteiger partial charge in [-0.2, -0.15) is 0 Å². The molecule has 0 saturated carbocycles. The van der Waals surface area contributed by atoms with E-state index in [1.165, 1.54) is 6.42 Å². The summed E-state index contributed by atoms with van der Waals surface area (Å²) in [6.45, 7) is 11.3. The average Bonchev–Trinajstić information content (AvgIpc) is 2.03. The lowest BCUT2D eigenvalue weighted by Gasteiger charge is -2.14. The molecule has 0 rings (SSSR count). The minimum atomic E-state index is 0.821. The van der Waals surface area contributed by atoms with E-state index in [-0.39, 0.29) is 0 Å². The second-order valence-corrected chi connectivity index (χ2v) is 3.83. The van der Waals surface area contributed by atoms with E-state index in [1.54, 1.807) is 0 Å². The van der Waals surface area contributed by atoms with Crippen LogP contribution in [0.3, 0.4) is 0 Å². The molecule has 74 valence electrons. The maximum atomic E-state index is 3.44. The van der Waals surface area contributed by atoms with Crippen molar-refractivity contribution < 1.29 is 0 Å². The van der Waals surface area contributed by atoms with Gasteiger partial charge >= 0.3 is 0 Å².